The van der Waals surface area contributed by atoms with Gasteiger partial charge < -0.3 is 19.7 Å². The molecule has 1 aliphatic heterocycles. The number of carbonyl (C=O) groups is 1. The molecular weight excluding hydrogens is 306 g/mol. The van der Waals surface area contributed by atoms with Crippen LogP contribution in [0, 0.1) is 0 Å². The molecule has 1 aromatic carbocycles. The molecule has 1 amide bonds. The van der Waals surface area contributed by atoms with Crippen molar-refractivity contribution < 1.29 is 14.3 Å². The number of hydrogen-bond donors (Lipinski definition) is 1. The fourth-order valence-electron chi connectivity index (χ4n) is 2.46. The Morgan fingerprint density at radius 1 is 1.33 bits per heavy atom. The summed E-state index contributed by atoms with van der Waals surface area (Å²) in [7, 11) is 3.96. The van der Waals surface area contributed by atoms with Gasteiger partial charge in [-0.15, -0.1) is 0 Å². The maximum atomic E-state index is 12.4. The lowest BCUT2D eigenvalue weighted by Crippen LogP contribution is -2.29. The number of rotatable bonds is 6. The largest absolute Gasteiger partial charge is 0.491 e. The zero-order valence-electron chi connectivity index (χ0n) is 13.9. The van der Waals surface area contributed by atoms with Crippen LogP contribution < -0.4 is 14.8 Å². The van der Waals surface area contributed by atoms with Crippen molar-refractivity contribution in [3.63, 3.8) is 0 Å². The number of aromatic nitrogens is 1. The molecule has 6 heteroatoms. The Bertz CT molecular complexity index is 701. The predicted molar refractivity (Wildman–Crippen MR) is 90.4 cm³/mol. The van der Waals surface area contributed by atoms with Crippen molar-refractivity contribution in [2.45, 2.75) is 6.04 Å². The second kappa shape index (κ2) is 7.31. The van der Waals surface area contributed by atoms with Crippen molar-refractivity contribution >= 4 is 5.91 Å². The Balaban J connectivity index is 1.58. The minimum atomic E-state index is -0.173. The van der Waals surface area contributed by atoms with E-state index in [2.05, 4.69) is 10.3 Å². The highest BCUT2D eigenvalue weighted by atomic mass is 16.5. The third-order valence-corrected chi connectivity index (χ3v) is 3.79. The van der Waals surface area contributed by atoms with Gasteiger partial charge in [0.05, 0.1) is 11.6 Å². The highest BCUT2D eigenvalue weighted by Crippen LogP contribution is 2.31. The molecule has 0 spiro atoms. The molecule has 1 aliphatic rings. The van der Waals surface area contributed by atoms with Gasteiger partial charge in [0, 0.05) is 24.4 Å². The van der Waals surface area contributed by atoms with Crippen molar-refractivity contribution in [3.8, 4) is 11.6 Å². The molecule has 2 heterocycles. The van der Waals surface area contributed by atoms with E-state index in [1.165, 1.54) is 6.20 Å². The summed E-state index contributed by atoms with van der Waals surface area (Å²) >= 11 is 0. The monoisotopic (exact) mass is 327 g/mol. The van der Waals surface area contributed by atoms with Gasteiger partial charge in [-0.3, -0.25) is 4.79 Å². The topological polar surface area (TPSA) is 63.7 Å². The quantitative estimate of drug-likeness (QED) is 0.878. The summed E-state index contributed by atoms with van der Waals surface area (Å²) in [6, 6.07) is 11.0. The lowest BCUT2D eigenvalue weighted by Gasteiger charge is -2.12. The average molecular weight is 327 g/mol. The van der Waals surface area contributed by atoms with Crippen LogP contribution in [0.25, 0.3) is 0 Å². The van der Waals surface area contributed by atoms with E-state index in [1.807, 2.05) is 43.3 Å². The second-order valence-corrected chi connectivity index (χ2v) is 5.91. The van der Waals surface area contributed by atoms with Crippen molar-refractivity contribution in [1.82, 2.24) is 15.2 Å². The van der Waals surface area contributed by atoms with Crippen LogP contribution in [0.2, 0.25) is 0 Å². The Hall–Kier alpha value is -2.60. The number of hydrogen-bond acceptors (Lipinski definition) is 5. The third kappa shape index (κ3) is 3.83. The number of pyridine rings is 1. The average Bonchev–Trinajstić information content (AvgIpc) is 2.98. The van der Waals surface area contributed by atoms with E-state index in [0.717, 1.165) is 17.9 Å². The lowest BCUT2D eigenvalue weighted by atomic mass is 10.1. The molecular formula is C18H21N3O3. The predicted octanol–water partition coefficient (Wildman–Crippen LogP) is 1.89. The molecule has 0 radical (unpaired) electrons. The van der Waals surface area contributed by atoms with Gasteiger partial charge in [-0.2, -0.15) is 0 Å². The van der Waals surface area contributed by atoms with E-state index < -0.39 is 0 Å². The van der Waals surface area contributed by atoms with E-state index in [1.54, 1.807) is 12.1 Å². The van der Waals surface area contributed by atoms with Crippen LogP contribution in [0.3, 0.4) is 0 Å². The molecule has 1 atom stereocenters. The van der Waals surface area contributed by atoms with E-state index in [0.29, 0.717) is 24.7 Å². The van der Waals surface area contributed by atoms with Gasteiger partial charge in [-0.1, -0.05) is 18.2 Å². The number of nitrogens with one attached hydrogen (secondary N) is 1. The molecule has 0 aliphatic carbocycles. The van der Waals surface area contributed by atoms with Crippen molar-refractivity contribution in [1.29, 1.82) is 0 Å². The van der Waals surface area contributed by atoms with Gasteiger partial charge in [-0.25, -0.2) is 4.98 Å². The fourth-order valence-corrected chi connectivity index (χ4v) is 2.46. The number of para-hydroxylation sites is 1. The molecule has 1 unspecified atom stereocenters. The first-order valence-corrected chi connectivity index (χ1v) is 7.89. The summed E-state index contributed by atoms with van der Waals surface area (Å²) in [6.45, 7) is 1.82. The summed E-state index contributed by atoms with van der Waals surface area (Å²) in [5.41, 5.74) is 1.50. The molecule has 0 saturated heterocycles. The number of fused-ring (bicyclic) bond motifs is 1. The number of benzene rings is 1. The molecule has 2 aromatic rings. The van der Waals surface area contributed by atoms with Gasteiger partial charge >= 0.3 is 0 Å². The van der Waals surface area contributed by atoms with E-state index in [9.17, 15) is 4.79 Å². The maximum Gasteiger partial charge on any atom is 0.253 e. The zero-order chi connectivity index (χ0) is 16.9. The molecule has 0 fully saturated rings. The number of carbonyl (C=O) groups excluding carboxylic acids is 1. The molecule has 6 nitrogen and oxygen atoms in total. The lowest BCUT2D eigenvalue weighted by molar-refractivity contribution is 0.0930. The molecule has 1 aromatic heterocycles. The number of ether oxygens (including phenoxy) is 2. The van der Waals surface area contributed by atoms with Gasteiger partial charge in [-0.05, 0) is 26.2 Å². The van der Waals surface area contributed by atoms with E-state index in [-0.39, 0.29) is 11.9 Å². The minimum absolute atomic E-state index is 0.135. The first-order chi connectivity index (χ1) is 11.6. The number of amides is 1. The molecule has 24 heavy (non-hydrogen) atoms. The Kier molecular flexibility index (Phi) is 4.96. The Morgan fingerprint density at radius 2 is 2.17 bits per heavy atom. The van der Waals surface area contributed by atoms with Gasteiger partial charge in [0.25, 0.3) is 5.91 Å². The standard InChI is InChI=1S/C18H21N3O3/c1-21(2)9-10-23-17-8-7-13(11-19-17)18(22)20-15-12-24-16-6-4-3-5-14(15)16/h3-8,11,15H,9-10,12H2,1-2H3,(H,20,22). The molecule has 0 bridgehead atoms. The van der Waals surface area contributed by atoms with Crippen LogP contribution in [0.15, 0.2) is 42.6 Å². The summed E-state index contributed by atoms with van der Waals surface area (Å²) < 4.78 is 11.1. The minimum Gasteiger partial charge on any atom is -0.491 e. The zero-order valence-corrected chi connectivity index (χ0v) is 13.9. The summed E-state index contributed by atoms with van der Waals surface area (Å²) in [6.07, 6.45) is 1.53. The maximum absolute atomic E-state index is 12.4. The molecule has 1 N–H and O–H groups in total. The Morgan fingerprint density at radius 3 is 2.92 bits per heavy atom. The van der Waals surface area contributed by atoms with Crippen molar-refractivity contribution in [3.05, 3.63) is 53.7 Å². The van der Waals surface area contributed by atoms with Crippen LogP contribution >= 0.6 is 0 Å². The third-order valence-electron chi connectivity index (χ3n) is 3.79. The smallest absolute Gasteiger partial charge is 0.253 e. The molecule has 3 rings (SSSR count). The van der Waals surface area contributed by atoms with Crippen LogP contribution in [-0.2, 0) is 0 Å². The highest BCUT2D eigenvalue weighted by molar-refractivity contribution is 5.94. The number of likely N-dealkylation sites (N-methyl/N-ethyl adjacent to an activating group) is 1. The fraction of sp³-hybridized carbons (Fsp3) is 0.333. The van der Waals surface area contributed by atoms with Crippen molar-refractivity contribution in [2.75, 3.05) is 33.9 Å². The number of nitrogens with zero attached hydrogens (tertiary/aromatic N) is 2. The second-order valence-electron chi connectivity index (χ2n) is 5.91. The Labute approximate surface area is 141 Å². The van der Waals surface area contributed by atoms with Gasteiger partial charge in [0.1, 0.15) is 19.0 Å². The van der Waals surface area contributed by atoms with Crippen LogP contribution in [0.1, 0.15) is 22.0 Å². The van der Waals surface area contributed by atoms with Gasteiger partial charge in [0.15, 0.2) is 0 Å². The van der Waals surface area contributed by atoms with Crippen LogP contribution in [-0.4, -0.2) is 49.6 Å². The van der Waals surface area contributed by atoms with Crippen LogP contribution in [0.4, 0.5) is 0 Å². The normalized spacial score (nSPS) is 15.7. The first-order valence-electron chi connectivity index (χ1n) is 7.89. The molecule has 126 valence electrons. The summed E-state index contributed by atoms with van der Waals surface area (Å²) in [4.78, 5) is 18.6. The van der Waals surface area contributed by atoms with Crippen molar-refractivity contribution in [2.24, 2.45) is 0 Å². The van der Waals surface area contributed by atoms with Gasteiger partial charge in [0.2, 0.25) is 5.88 Å². The van der Waals surface area contributed by atoms with Crippen LogP contribution in [0.5, 0.6) is 11.6 Å². The SMILES string of the molecule is CN(C)CCOc1ccc(C(=O)NC2COc3ccccc32)cn1. The van der Waals surface area contributed by atoms with E-state index in [4.69, 9.17) is 9.47 Å². The summed E-state index contributed by atoms with van der Waals surface area (Å²) in [5, 5.41) is 2.98. The molecule has 0 saturated carbocycles. The first kappa shape index (κ1) is 16.3. The van der Waals surface area contributed by atoms with E-state index >= 15 is 0 Å². The highest BCUT2D eigenvalue weighted by Gasteiger charge is 2.25. The summed E-state index contributed by atoms with van der Waals surface area (Å²) in [5.74, 6) is 1.17.